The second-order valence-electron chi connectivity index (χ2n) is 6.46. The summed E-state index contributed by atoms with van der Waals surface area (Å²) in [6.45, 7) is 5.52. The van der Waals surface area contributed by atoms with Gasteiger partial charge in [-0.25, -0.2) is 0 Å². The molecule has 1 aliphatic carbocycles. The Bertz CT molecular complexity index is 433. The van der Waals surface area contributed by atoms with Gasteiger partial charge in [0.1, 0.15) is 0 Å². The van der Waals surface area contributed by atoms with Crippen LogP contribution in [0.3, 0.4) is 0 Å². The van der Waals surface area contributed by atoms with Crippen molar-refractivity contribution in [2.24, 2.45) is 5.41 Å². The summed E-state index contributed by atoms with van der Waals surface area (Å²) in [5, 5.41) is 3.41. The molecule has 1 unspecified atom stereocenters. The first-order valence-electron chi connectivity index (χ1n) is 7.38. The number of benzene rings is 1. The summed E-state index contributed by atoms with van der Waals surface area (Å²) in [4.78, 5) is 2.40. The summed E-state index contributed by atoms with van der Waals surface area (Å²) < 4.78 is 0. The lowest BCUT2D eigenvalue weighted by molar-refractivity contribution is 0.0216. The van der Waals surface area contributed by atoms with E-state index in [0.29, 0.717) is 11.5 Å². The quantitative estimate of drug-likeness (QED) is 0.874. The zero-order valence-corrected chi connectivity index (χ0v) is 13.1. The van der Waals surface area contributed by atoms with Crippen LogP contribution in [0.2, 0.25) is 0 Å². The predicted octanol–water partition coefficient (Wildman–Crippen LogP) is 3.30. The van der Waals surface area contributed by atoms with Gasteiger partial charge in [0.2, 0.25) is 0 Å². The van der Waals surface area contributed by atoms with Crippen LogP contribution >= 0.6 is 0 Å². The molecule has 1 aliphatic rings. The van der Waals surface area contributed by atoms with Crippen molar-refractivity contribution in [3.05, 3.63) is 34.9 Å². The highest BCUT2D eigenvalue weighted by molar-refractivity contribution is 5.33. The minimum absolute atomic E-state index is 0.417. The zero-order valence-electron chi connectivity index (χ0n) is 13.1. The van der Waals surface area contributed by atoms with E-state index in [4.69, 9.17) is 0 Å². The predicted molar refractivity (Wildman–Crippen MR) is 82.6 cm³/mol. The first kappa shape index (κ1) is 14.5. The first-order valence-corrected chi connectivity index (χ1v) is 7.38. The number of rotatable bonds is 5. The Morgan fingerprint density at radius 3 is 2.32 bits per heavy atom. The normalized spacial score (nSPS) is 19.3. The standard InChI is InChI=1S/C17H28N2/c1-13-7-8-15(11-14(13)2)16(19(4)5)17(12-18-3)9-6-10-17/h7-8,11,16,18H,6,9-10,12H2,1-5H3. The van der Waals surface area contributed by atoms with E-state index < -0.39 is 0 Å². The minimum atomic E-state index is 0.417. The Balaban J connectivity index is 2.36. The number of hydrogen-bond acceptors (Lipinski definition) is 2. The van der Waals surface area contributed by atoms with E-state index in [-0.39, 0.29) is 0 Å². The molecular formula is C17H28N2. The van der Waals surface area contributed by atoms with Crippen molar-refractivity contribution in [3.8, 4) is 0 Å². The molecule has 1 N–H and O–H groups in total. The molecule has 0 aliphatic heterocycles. The molecule has 0 aromatic heterocycles. The van der Waals surface area contributed by atoms with E-state index >= 15 is 0 Å². The Morgan fingerprint density at radius 1 is 1.21 bits per heavy atom. The first-order chi connectivity index (χ1) is 9.00. The van der Waals surface area contributed by atoms with Gasteiger partial charge >= 0.3 is 0 Å². The van der Waals surface area contributed by atoms with Crippen molar-refractivity contribution in [1.82, 2.24) is 10.2 Å². The summed E-state index contributed by atoms with van der Waals surface area (Å²) in [7, 11) is 6.51. The Labute approximate surface area is 118 Å². The van der Waals surface area contributed by atoms with E-state index in [1.165, 1.54) is 36.0 Å². The molecule has 1 aromatic carbocycles. The van der Waals surface area contributed by atoms with E-state index in [1.54, 1.807) is 0 Å². The van der Waals surface area contributed by atoms with Crippen molar-refractivity contribution in [2.45, 2.75) is 39.2 Å². The Kier molecular flexibility index (Phi) is 4.32. The topological polar surface area (TPSA) is 15.3 Å². The van der Waals surface area contributed by atoms with Gasteiger partial charge < -0.3 is 10.2 Å². The van der Waals surface area contributed by atoms with E-state index in [1.807, 2.05) is 0 Å². The molecule has 1 saturated carbocycles. The van der Waals surface area contributed by atoms with Crippen molar-refractivity contribution in [1.29, 1.82) is 0 Å². The summed E-state index contributed by atoms with van der Waals surface area (Å²) in [6.07, 6.45) is 4.05. The van der Waals surface area contributed by atoms with Gasteiger partial charge in [-0.3, -0.25) is 0 Å². The molecule has 2 heteroatoms. The van der Waals surface area contributed by atoms with Crippen LogP contribution in [-0.2, 0) is 0 Å². The van der Waals surface area contributed by atoms with E-state index in [9.17, 15) is 0 Å². The zero-order chi connectivity index (χ0) is 14.0. The van der Waals surface area contributed by atoms with Gasteiger partial charge in [-0.2, -0.15) is 0 Å². The third kappa shape index (κ3) is 2.70. The molecule has 2 rings (SSSR count). The van der Waals surface area contributed by atoms with Crippen LogP contribution < -0.4 is 5.32 Å². The molecule has 1 atom stereocenters. The largest absolute Gasteiger partial charge is 0.319 e. The fourth-order valence-corrected chi connectivity index (χ4v) is 3.66. The van der Waals surface area contributed by atoms with E-state index in [2.05, 4.69) is 63.4 Å². The van der Waals surface area contributed by atoms with Crippen LogP contribution in [-0.4, -0.2) is 32.6 Å². The molecule has 0 heterocycles. The second-order valence-corrected chi connectivity index (χ2v) is 6.46. The van der Waals surface area contributed by atoms with Gasteiger partial charge in [0, 0.05) is 18.0 Å². The average Bonchev–Trinajstić information content (AvgIpc) is 2.30. The number of aryl methyl sites for hydroxylation is 2. The number of nitrogens with zero attached hydrogens (tertiary/aromatic N) is 1. The van der Waals surface area contributed by atoms with Crippen LogP contribution in [0.4, 0.5) is 0 Å². The maximum atomic E-state index is 3.41. The monoisotopic (exact) mass is 260 g/mol. The van der Waals surface area contributed by atoms with E-state index in [0.717, 1.165) is 6.54 Å². The van der Waals surface area contributed by atoms with Crippen LogP contribution in [0, 0.1) is 19.3 Å². The maximum absolute atomic E-state index is 3.41. The summed E-state index contributed by atoms with van der Waals surface area (Å²) in [6, 6.07) is 7.50. The summed E-state index contributed by atoms with van der Waals surface area (Å²) in [5.74, 6) is 0. The molecule has 0 amide bonds. The third-order valence-corrected chi connectivity index (χ3v) is 4.82. The Morgan fingerprint density at radius 2 is 1.89 bits per heavy atom. The molecule has 106 valence electrons. The van der Waals surface area contributed by atoms with Gasteiger partial charge in [-0.15, -0.1) is 0 Å². The maximum Gasteiger partial charge on any atom is 0.0410 e. The van der Waals surface area contributed by atoms with Crippen LogP contribution in [0.25, 0.3) is 0 Å². The number of nitrogens with one attached hydrogen (secondary N) is 1. The van der Waals surface area contributed by atoms with Gasteiger partial charge in [-0.05, 0) is 64.5 Å². The van der Waals surface area contributed by atoms with Gasteiger partial charge in [0.05, 0.1) is 0 Å². The van der Waals surface area contributed by atoms with Gasteiger partial charge in [0.15, 0.2) is 0 Å². The molecule has 1 fully saturated rings. The molecule has 0 spiro atoms. The molecule has 0 saturated heterocycles. The Hall–Kier alpha value is -0.860. The smallest absolute Gasteiger partial charge is 0.0410 e. The van der Waals surface area contributed by atoms with Crippen LogP contribution in [0.1, 0.15) is 42.0 Å². The lowest BCUT2D eigenvalue weighted by Crippen LogP contribution is -2.48. The average molecular weight is 260 g/mol. The lowest BCUT2D eigenvalue weighted by Gasteiger charge is -2.50. The van der Waals surface area contributed by atoms with Gasteiger partial charge in [-0.1, -0.05) is 24.6 Å². The summed E-state index contributed by atoms with van der Waals surface area (Å²) in [5.41, 5.74) is 4.68. The number of hydrogen-bond donors (Lipinski definition) is 1. The fourth-order valence-electron chi connectivity index (χ4n) is 3.66. The van der Waals surface area contributed by atoms with Crippen molar-refractivity contribution < 1.29 is 0 Å². The second kappa shape index (κ2) is 5.64. The minimum Gasteiger partial charge on any atom is -0.319 e. The third-order valence-electron chi connectivity index (χ3n) is 4.82. The fraction of sp³-hybridized carbons (Fsp3) is 0.647. The molecule has 0 radical (unpaired) electrons. The van der Waals surface area contributed by atoms with Crippen molar-refractivity contribution in [3.63, 3.8) is 0 Å². The summed E-state index contributed by atoms with van der Waals surface area (Å²) >= 11 is 0. The van der Waals surface area contributed by atoms with Crippen molar-refractivity contribution in [2.75, 3.05) is 27.7 Å². The highest BCUT2D eigenvalue weighted by Gasteiger charge is 2.45. The highest BCUT2D eigenvalue weighted by atomic mass is 15.1. The molecule has 2 nitrogen and oxygen atoms in total. The lowest BCUT2D eigenvalue weighted by atomic mass is 9.62. The van der Waals surface area contributed by atoms with Crippen LogP contribution in [0.15, 0.2) is 18.2 Å². The van der Waals surface area contributed by atoms with Crippen LogP contribution in [0.5, 0.6) is 0 Å². The highest BCUT2D eigenvalue weighted by Crippen LogP contribution is 2.51. The molecule has 1 aromatic rings. The molecule has 19 heavy (non-hydrogen) atoms. The van der Waals surface area contributed by atoms with Crippen molar-refractivity contribution >= 4 is 0 Å². The molecular weight excluding hydrogens is 232 g/mol. The van der Waals surface area contributed by atoms with Gasteiger partial charge in [0.25, 0.3) is 0 Å². The molecule has 0 bridgehead atoms. The SMILES string of the molecule is CNCC1(C(c2ccc(C)c(C)c2)N(C)C)CCC1.